The average molecular weight is 434 g/mol. The number of alkyl halides is 3. The molecule has 0 unspecified atom stereocenters. The van der Waals surface area contributed by atoms with Gasteiger partial charge in [-0.15, -0.1) is 0 Å². The van der Waals surface area contributed by atoms with Crippen LogP contribution in [-0.2, 0) is 17.4 Å². The van der Waals surface area contributed by atoms with Gasteiger partial charge in [0.1, 0.15) is 5.75 Å². The van der Waals surface area contributed by atoms with Gasteiger partial charge in [0.15, 0.2) is 6.61 Å². The van der Waals surface area contributed by atoms with Gasteiger partial charge in [0, 0.05) is 24.7 Å². The zero-order valence-corrected chi connectivity index (χ0v) is 17.2. The average Bonchev–Trinajstić information content (AvgIpc) is 2.77. The minimum atomic E-state index is -4.43. The summed E-state index contributed by atoms with van der Waals surface area (Å²) in [6.07, 6.45) is -2.48. The number of aryl methyl sites for hydroxylation is 1. The van der Waals surface area contributed by atoms with E-state index in [0.29, 0.717) is 31.7 Å². The highest BCUT2D eigenvalue weighted by Gasteiger charge is 2.31. The van der Waals surface area contributed by atoms with E-state index >= 15 is 0 Å². The molecule has 1 heterocycles. The van der Waals surface area contributed by atoms with Gasteiger partial charge in [0.2, 0.25) is 0 Å². The maximum atomic E-state index is 12.7. The molecular formula is C23H25F3N2O3. The first kappa shape index (κ1) is 22.7. The lowest BCUT2D eigenvalue weighted by molar-refractivity contribution is -0.137. The molecule has 1 aliphatic heterocycles. The van der Waals surface area contributed by atoms with Crippen molar-refractivity contribution in [2.45, 2.75) is 38.4 Å². The van der Waals surface area contributed by atoms with Gasteiger partial charge in [-0.1, -0.05) is 25.1 Å². The molecule has 0 saturated carbocycles. The molecule has 0 radical (unpaired) electrons. The number of ether oxygens (including phenoxy) is 1. The summed E-state index contributed by atoms with van der Waals surface area (Å²) >= 11 is 0. The first-order chi connectivity index (χ1) is 14.8. The van der Waals surface area contributed by atoms with E-state index in [1.54, 1.807) is 4.90 Å². The second-order valence-corrected chi connectivity index (χ2v) is 7.46. The van der Waals surface area contributed by atoms with Crippen LogP contribution in [0.4, 0.5) is 13.2 Å². The fourth-order valence-corrected chi connectivity index (χ4v) is 3.56. The first-order valence-corrected chi connectivity index (χ1v) is 10.2. The molecule has 31 heavy (non-hydrogen) atoms. The molecule has 0 aromatic heterocycles. The molecule has 8 heteroatoms. The van der Waals surface area contributed by atoms with Crippen LogP contribution < -0.4 is 10.1 Å². The lowest BCUT2D eigenvalue weighted by atomic mass is 10.0. The van der Waals surface area contributed by atoms with E-state index in [1.165, 1.54) is 12.1 Å². The van der Waals surface area contributed by atoms with Gasteiger partial charge in [-0.25, -0.2) is 0 Å². The largest absolute Gasteiger partial charge is 0.483 e. The van der Waals surface area contributed by atoms with Crippen molar-refractivity contribution in [1.82, 2.24) is 10.2 Å². The summed E-state index contributed by atoms with van der Waals surface area (Å²) < 4.78 is 43.6. The van der Waals surface area contributed by atoms with Crippen LogP contribution in [0.1, 0.15) is 41.3 Å². The van der Waals surface area contributed by atoms with Crippen molar-refractivity contribution >= 4 is 11.8 Å². The van der Waals surface area contributed by atoms with Crippen LogP contribution in [0.15, 0.2) is 48.5 Å². The van der Waals surface area contributed by atoms with Gasteiger partial charge in [-0.05, 0) is 55.2 Å². The highest BCUT2D eigenvalue weighted by molar-refractivity contribution is 5.94. The van der Waals surface area contributed by atoms with E-state index in [9.17, 15) is 22.8 Å². The fourth-order valence-electron chi connectivity index (χ4n) is 3.56. The van der Waals surface area contributed by atoms with Crippen LogP contribution in [-0.4, -0.2) is 42.5 Å². The van der Waals surface area contributed by atoms with E-state index in [2.05, 4.69) is 5.32 Å². The zero-order chi connectivity index (χ0) is 22.4. The maximum Gasteiger partial charge on any atom is 0.416 e. The van der Waals surface area contributed by atoms with Crippen molar-refractivity contribution < 1.29 is 27.5 Å². The zero-order valence-electron chi connectivity index (χ0n) is 17.2. The molecule has 0 spiro atoms. The molecule has 0 bridgehead atoms. The van der Waals surface area contributed by atoms with Crippen LogP contribution in [0.2, 0.25) is 0 Å². The number of nitrogens with one attached hydrogen (secondary N) is 1. The monoisotopic (exact) mass is 434 g/mol. The summed E-state index contributed by atoms with van der Waals surface area (Å²) in [5.41, 5.74) is 0.470. The molecule has 0 aliphatic carbocycles. The Morgan fingerprint density at radius 1 is 1.06 bits per heavy atom. The Morgan fingerprint density at radius 3 is 2.32 bits per heavy atom. The number of carbonyl (C=O) groups is 2. The molecular weight excluding hydrogens is 409 g/mol. The van der Waals surface area contributed by atoms with Crippen LogP contribution in [0.25, 0.3) is 0 Å². The second kappa shape index (κ2) is 9.85. The number of hydrogen-bond donors (Lipinski definition) is 1. The Bertz CT molecular complexity index is 905. The van der Waals surface area contributed by atoms with Crippen LogP contribution in [0.3, 0.4) is 0 Å². The molecule has 166 valence electrons. The van der Waals surface area contributed by atoms with Gasteiger partial charge in [-0.2, -0.15) is 13.2 Å². The van der Waals surface area contributed by atoms with Crippen molar-refractivity contribution in [1.29, 1.82) is 0 Å². The lowest BCUT2D eigenvalue weighted by Gasteiger charge is -2.32. The van der Waals surface area contributed by atoms with Crippen molar-refractivity contribution in [3.63, 3.8) is 0 Å². The Morgan fingerprint density at radius 2 is 1.71 bits per heavy atom. The molecule has 1 saturated heterocycles. The molecule has 0 atom stereocenters. The van der Waals surface area contributed by atoms with Crippen molar-refractivity contribution in [2.24, 2.45) is 0 Å². The molecule has 5 nitrogen and oxygen atoms in total. The number of halogens is 3. The number of benzene rings is 2. The first-order valence-electron chi connectivity index (χ1n) is 10.2. The van der Waals surface area contributed by atoms with Gasteiger partial charge in [0.25, 0.3) is 11.8 Å². The third-order valence-corrected chi connectivity index (χ3v) is 5.32. The van der Waals surface area contributed by atoms with Gasteiger partial charge < -0.3 is 15.0 Å². The molecule has 2 aromatic carbocycles. The highest BCUT2D eigenvalue weighted by Crippen LogP contribution is 2.29. The van der Waals surface area contributed by atoms with E-state index in [4.69, 9.17) is 4.74 Å². The predicted molar refractivity (Wildman–Crippen MR) is 110 cm³/mol. The van der Waals surface area contributed by atoms with Gasteiger partial charge in [-0.3, -0.25) is 9.59 Å². The quantitative estimate of drug-likeness (QED) is 0.746. The highest BCUT2D eigenvalue weighted by atomic mass is 19.4. The summed E-state index contributed by atoms with van der Waals surface area (Å²) in [5.74, 6) is 0.161. The Hall–Kier alpha value is -3.03. The van der Waals surface area contributed by atoms with Crippen LogP contribution in [0.5, 0.6) is 5.75 Å². The SMILES string of the molecule is CCc1ccccc1OCC(=O)NC1CCN(C(=O)c2ccc(C(F)(F)F)cc2)CC1. The maximum absolute atomic E-state index is 12.7. The summed E-state index contributed by atoms with van der Waals surface area (Å²) in [5, 5.41) is 2.92. The van der Waals surface area contributed by atoms with E-state index in [-0.39, 0.29) is 30.0 Å². The minimum Gasteiger partial charge on any atom is -0.483 e. The van der Waals surface area contributed by atoms with Crippen molar-refractivity contribution in [3.8, 4) is 5.75 Å². The number of likely N-dealkylation sites (tertiary alicyclic amines) is 1. The fraction of sp³-hybridized carbons (Fsp3) is 0.391. The summed E-state index contributed by atoms with van der Waals surface area (Å²) in [6, 6.07) is 11.7. The summed E-state index contributed by atoms with van der Waals surface area (Å²) in [4.78, 5) is 26.4. The number of para-hydroxylation sites is 1. The van der Waals surface area contributed by atoms with Crippen molar-refractivity contribution in [2.75, 3.05) is 19.7 Å². The number of piperidine rings is 1. The van der Waals surface area contributed by atoms with Gasteiger partial charge >= 0.3 is 6.18 Å². The third kappa shape index (κ3) is 5.99. The number of amides is 2. The predicted octanol–water partition coefficient (Wildman–Crippen LogP) is 4.07. The van der Waals surface area contributed by atoms with Crippen LogP contribution in [0, 0.1) is 0 Å². The third-order valence-electron chi connectivity index (χ3n) is 5.32. The van der Waals surface area contributed by atoms with E-state index in [0.717, 1.165) is 24.1 Å². The molecule has 1 N–H and O–H groups in total. The summed E-state index contributed by atoms with van der Waals surface area (Å²) in [7, 11) is 0. The summed E-state index contributed by atoms with van der Waals surface area (Å²) in [6.45, 7) is 2.78. The standard InChI is InChI=1S/C23H25F3N2O3/c1-2-16-5-3-4-6-20(16)31-15-21(29)27-19-11-13-28(14-12-19)22(30)17-7-9-18(10-8-17)23(24,25)26/h3-10,19H,2,11-15H2,1H3,(H,27,29). The molecule has 2 amide bonds. The number of nitrogens with zero attached hydrogens (tertiary/aromatic N) is 1. The van der Waals surface area contributed by atoms with Crippen molar-refractivity contribution in [3.05, 3.63) is 65.2 Å². The number of rotatable bonds is 6. The molecule has 1 fully saturated rings. The second-order valence-electron chi connectivity index (χ2n) is 7.46. The molecule has 2 aromatic rings. The minimum absolute atomic E-state index is 0.0748. The lowest BCUT2D eigenvalue weighted by Crippen LogP contribution is -2.47. The number of carbonyl (C=O) groups excluding carboxylic acids is 2. The smallest absolute Gasteiger partial charge is 0.416 e. The topological polar surface area (TPSA) is 58.6 Å². The van der Waals surface area contributed by atoms with Crippen LogP contribution >= 0.6 is 0 Å². The number of hydrogen-bond acceptors (Lipinski definition) is 3. The van der Waals surface area contributed by atoms with E-state index < -0.39 is 11.7 Å². The normalized spacial score (nSPS) is 14.9. The van der Waals surface area contributed by atoms with Gasteiger partial charge in [0.05, 0.1) is 5.56 Å². The molecule has 1 aliphatic rings. The molecule has 3 rings (SSSR count). The van der Waals surface area contributed by atoms with E-state index in [1.807, 2.05) is 31.2 Å². The Labute approximate surface area is 179 Å². The Kier molecular flexibility index (Phi) is 7.20. The Balaban J connectivity index is 1.45.